The number of aryl methyl sites for hydroxylation is 2. The van der Waals surface area contributed by atoms with Crippen molar-refractivity contribution in [3.8, 4) is 89.0 Å². The van der Waals surface area contributed by atoms with Crippen molar-refractivity contribution in [2.75, 3.05) is 19.6 Å². The highest BCUT2D eigenvalue weighted by atomic mass is 15.2. The molecule has 4 heteroatoms. The van der Waals surface area contributed by atoms with Crippen LogP contribution in [-0.2, 0) is 39.9 Å². The molecule has 0 atom stereocenters. The Morgan fingerprint density at radius 1 is 0.241 bits per heavy atom. The molecule has 0 bridgehead atoms. The number of rotatable bonds is 15. The SMILES string of the molecule is CC(C)(C)c1c(N(c2cccc(-c3ccccc3)c2)C(C)(C)C)ccc2c1C(C)(C)c1ccccc1-2.CC(C)c1c(N(c2cccc(-c3ccccc3)c2)C(C)(C)C)ccc2c1C(C)(C)c1ccccc1-2.CCc1ccc(-c2ccccc2)cc1N(c1ccc2c(c1CC)C(C)(C)c1ccccc1-2)C(C)(C)C.Cc1ccc(-c2ccccc2)cc1N(c1ccc2c(c1C)C(C)(C)c1ccccc1-2)C(C)(C)C. The standard InChI is InChI=1S/2C35H39N.C34H37N.C33H35N/c1-33(2,3)32-30(22-21-28-27-19-12-13-20-29(27)35(7,8)31(28)32)36(34(4,5)6)26-18-14-17-25(23-26)24-15-10-9-11-16-24;1-8-24-19-20-26(25-15-11-10-12-16-25)23-32(24)36(34(3,4)5)31-22-21-29-28-17-13-14-18-30(28)35(6,7)33(29)27(31)9-2;1-23(2)31-30(21-20-28-27-18-11-12-19-29(27)34(6,7)32(28)31)35(33(3,4)5)26-17-13-16-25(22-26)24-14-9-8-10-15-24;1-22-17-18-25(24-13-9-8-10-14-24)21-30(22)34(32(3,4)5)29-20-19-27-26-15-11-12-16-28(26)33(6,7)31(27)23(29)2/h9-23H,1-8H3;10-23H,8-9H2,1-7H3;8-23H,1-7H3;8-21H,1-7H3. The average Bonchev–Trinajstić information content (AvgIpc) is 1.53. The molecule has 20 rings (SSSR count). The Balaban J connectivity index is 0.000000130. The van der Waals surface area contributed by atoms with Gasteiger partial charge in [0.2, 0.25) is 0 Å². The summed E-state index contributed by atoms with van der Waals surface area (Å²) in [6, 6.07) is 129. The maximum atomic E-state index is 2.61. The van der Waals surface area contributed by atoms with Crippen LogP contribution < -0.4 is 19.6 Å². The van der Waals surface area contributed by atoms with Gasteiger partial charge in [-0.3, -0.25) is 0 Å². The van der Waals surface area contributed by atoms with Crippen LogP contribution in [0.15, 0.2) is 352 Å². The van der Waals surface area contributed by atoms with Crippen LogP contribution in [0.25, 0.3) is 89.0 Å². The molecule has 0 fully saturated rings. The van der Waals surface area contributed by atoms with Crippen LogP contribution in [0, 0.1) is 13.8 Å². The number of anilines is 8. The number of hydrogen-bond acceptors (Lipinski definition) is 4. The molecule has 4 aliphatic carbocycles. The quantitative estimate of drug-likeness (QED) is 0.101. The van der Waals surface area contributed by atoms with Gasteiger partial charge < -0.3 is 19.6 Å². The first-order valence-corrected chi connectivity index (χ1v) is 51.7. The molecule has 141 heavy (non-hydrogen) atoms. The van der Waals surface area contributed by atoms with Crippen LogP contribution in [0.2, 0.25) is 0 Å². The fourth-order valence-corrected chi connectivity index (χ4v) is 24.3. The molecule has 0 spiro atoms. The lowest BCUT2D eigenvalue weighted by atomic mass is 9.72. The molecule has 16 aromatic carbocycles. The highest BCUT2D eigenvalue weighted by Crippen LogP contribution is 2.61. The van der Waals surface area contributed by atoms with Crippen LogP contribution in [-0.4, -0.2) is 22.2 Å². The van der Waals surface area contributed by atoms with Gasteiger partial charge in [-0.05, 0) is 349 Å². The van der Waals surface area contributed by atoms with E-state index in [2.05, 4.69) is 572 Å². The van der Waals surface area contributed by atoms with Gasteiger partial charge in [-0.1, -0.05) is 395 Å². The van der Waals surface area contributed by atoms with E-state index in [4.69, 9.17) is 0 Å². The highest BCUT2D eigenvalue weighted by Gasteiger charge is 2.46. The van der Waals surface area contributed by atoms with E-state index in [-0.39, 0.29) is 49.2 Å². The molecule has 0 unspecified atom stereocenters. The van der Waals surface area contributed by atoms with Crippen LogP contribution in [0.4, 0.5) is 45.5 Å². The van der Waals surface area contributed by atoms with Crippen molar-refractivity contribution < 1.29 is 0 Å². The zero-order valence-corrected chi connectivity index (χ0v) is 89.8. The van der Waals surface area contributed by atoms with Gasteiger partial charge in [0.1, 0.15) is 0 Å². The molecular formula is C137H150N4. The first-order chi connectivity index (χ1) is 66.8. The fraction of sp³-hybridized carbons (Fsp3) is 0.299. The molecule has 718 valence electrons. The van der Waals surface area contributed by atoms with Gasteiger partial charge in [-0.15, -0.1) is 0 Å². The van der Waals surface area contributed by atoms with E-state index in [0.29, 0.717) is 5.92 Å². The monoisotopic (exact) mass is 1850 g/mol. The molecule has 4 aliphatic rings. The minimum absolute atomic E-state index is 0.0174. The van der Waals surface area contributed by atoms with E-state index in [1.165, 1.54) is 212 Å². The lowest BCUT2D eigenvalue weighted by molar-refractivity contribution is 0.531. The first kappa shape index (κ1) is 99.3. The Morgan fingerprint density at radius 3 is 0.950 bits per heavy atom. The van der Waals surface area contributed by atoms with E-state index < -0.39 is 0 Å². The molecular weight excluding hydrogens is 1700 g/mol. The smallest absolute Gasteiger partial charge is 0.0457 e. The maximum absolute atomic E-state index is 2.61. The van der Waals surface area contributed by atoms with Crippen LogP contribution in [0.1, 0.15) is 271 Å². The second-order valence-corrected chi connectivity index (χ2v) is 47.1. The van der Waals surface area contributed by atoms with Gasteiger partial charge >= 0.3 is 0 Å². The van der Waals surface area contributed by atoms with Crippen molar-refractivity contribution >= 4 is 45.5 Å². The molecule has 16 aromatic rings. The van der Waals surface area contributed by atoms with Crippen molar-refractivity contribution in [1.82, 2.24) is 0 Å². The molecule has 0 saturated carbocycles. The van der Waals surface area contributed by atoms with Gasteiger partial charge in [-0.2, -0.15) is 0 Å². The Labute approximate surface area is 846 Å². The minimum atomic E-state index is -0.112. The molecule has 0 amide bonds. The molecule has 0 aromatic heterocycles. The van der Waals surface area contributed by atoms with Crippen molar-refractivity contribution in [1.29, 1.82) is 0 Å². The minimum Gasteiger partial charge on any atom is -0.336 e. The Hall–Kier alpha value is -13.3. The molecule has 0 heterocycles. The summed E-state index contributed by atoms with van der Waals surface area (Å²) in [5.74, 6) is 0.399. The van der Waals surface area contributed by atoms with E-state index >= 15 is 0 Å². The van der Waals surface area contributed by atoms with Crippen molar-refractivity contribution in [2.24, 2.45) is 0 Å². The summed E-state index contributed by atoms with van der Waals surface area (Å²) in [6.45, 7) is 67.9. The maximum Gasteiger partial charge on any atom is 0.0457 e. The van der Waals surface area contributed by atoms with Crippen molar-refractivity contribution in [3.63, 3.8) is 0 Å². The number of fused-ring (bicyclic) bond motifs is 12. The number of hydrogen-bond donors (Lipinski definition) is 0. The lowest BCUT2D eigenvalue weighted by Gasteiger charge is -2.43. The predicted molar refractivity (Wildman–Crippen MR) is 612 cm³/mol. The fourth-order valence-electron chi connectivity index (χ4n) is 24.3. The largest absolute Gasteiger partial charge is 0.336 e. The third-order valence-electron chi connectivity index (χ3n) is 30.3. The van der Waals surface area contributed by atoms with Gasteiger partial charge in [0.25, 0.3) is 0 Å². The summed E-state index contributed by atoms with van der Waals surface area (Å²) in [5, 5.41) is 0. The Morgan fingerprint density at radius 2 is 0.553 bits per heavy atom. The summed E-state index contributed by atoms with van der Waals surface area (Å²) in [7, 11) is 0. The second-order valence-electron chi connectivity index (χ2n) is 47.1. The molecule has 0 radical (unpaired) electrons. The van der Waals surface area contributed by atoms with E-state index in [1.54, 1.807) is 0 Å². The number of nitrogens with zero attached hydrogens (tertiary/aromatic N) is 4. The van der Waals surface area contributed by atoms with Crippen LogP contribution >= 0.6 is 0 Å². The predicted octanol–water partition coefficient (Wildman–Crippen LogP) is 38.5. The average molecular weight is 1850 g/mol. The normalized spacial score (nSPS) is 14.1. The Kier molecular flexibility index (Phi) is 26.7. The summed E-state index contributed by atoms with van der Waals surface area (Å²) < 4.78 is 0. The summed E-state index contributed by atoms with van der Waals surface area (Å²) in [5.41, 5.74) is 50.9. The van der Waals surface area contributed by atoms with Gasteiger partial charge in [0, 0.05) is 89.3 Å². The summed E-state index contributed by atoms with van der Waals surface area (Å²) in [4.78, 5) is 10.3. The topological polar surface area (TPSA) is 13.0 Å². The van der Waals surface area contributed by atoms with E-state index in [9.17, 15) is 0 Å². The second kappa shape index (κ2) is 38.0. The van der Waals surface area contributed by atoms with Crippen LogP contribution in [0.5, 0.6) is 0 Å². The van der Waals surface area contributed by atoms with Crippen molar-refractivity contribution in [3.05, 3.63) is 430 Å². The summed E-state index contributed by atoms with van der Waals surface area (Å²) >= 11 is 0. The van der Waals surface area contributed by atoms with Crippen molar-refractivity contribution in [2.45, 2.75) is 269 Å². The Bertz CT molecular complexity index is 7300. The zero-order valence-electron chi connectivity index (χ0n) is 89.8. The molecule has 0 N–H and O–H groups in total. The molecule has 0 saturated heterocycles. The lowest BCUT2D eigenvalue weighted by Crippen LogP contribution is -2.39. The van der Waals surface area contributed by atoms with E-state index in [0.717, 1.165) is 12.8 Å². The molecule has 4 nitrogen and oxygen atoms in total. The van der Waals surface area contributed by atoms with Crippen LogP contribution in [0.3, 0.4) is 0 Å². The molecule has 0 aliphatic heterocycles. The number of benzene rings is 16. The first-order valence-electron chi connectivity index (χ1n) is 51.7. The zero-order chi connectivity index (χ0) is 101. The third kappa shape index (κ3) is 18.5. The highest BCUT2D eigenvalue weighted by molar-refractivity contribution is 5.93. The summed E-state index contributed by atoms with van der Waals surface area (Å²) in [6.07, 6.45) is 2.00. The van der Waals surface area contributed by atoms with Gasteiger partial charge in [0.05, 0.1) is 0 Å². The van der Waals surface area contributed by atoms with Gasteiger partial charge in [0.15, 0.2) is 0 Å². The van der Waals surface area contributed by atoms with E-state index in [1.807, 2.05) is 0 Å². The third-order valence-corrected chi connectivity index (χ3v) is 30.3. The van der Waals surface area contributed by atoms with Gasteiger partial charge in [-0.25, -0.2) is 0 Å².